The molecule has 0 spiro atoms. The quantitative estimate of drug-likeness (QED) is 0.857. The summed E-state index contributed by atoms with van der Waals surface area (Å²) in [6.45, 7) is 6.21. The fraction of sp³-hybridized carbons (Fsp3) is 0.500. The van der Waals surface area contributed by atoms with Crippen LogP contribution in [0.25, 0.3) is 0 Å². The van der Waals surface area contributed by atoms with Crippen molar-refractivity contribution in [2.24, 2.45) is 13.0 Å². The van der Waals surface area contributed by atoms with Gasteiger partial charge in [0.1, 0.15) is 11.5 Å². The van der Waals surface area contributed by atoms with Crippen molar-refractivity contribution in [1.82, 2.24) is 25.1 Å². The van der Waals surface area contributed by atoms with Gasteiger partial charge in [-0.3, -0.25) is 9.59 Å². The summed E-state index contributed by atoms with van der Waals surface area (Å²) >= 11 is 0. The van der Waals surface area contributed by atoms with Gasteiger partial charge in [0, 0.05) is 44.9 Å². The second-order valence-corrected chi connectivity index (χ2v) is 6.94. The Balaban J connectivity index is 1.56. The zero-order valence-electron chi connectivity index (χ0n) is 15.3. The molecule has 26 heavy (non-hydrogen) atoms. The molecule has 0 bridgehead atoms. The van der Waals surface area contributed by atoms with Crippen LogP contribution in [-0.2, 0) is 7.05 Å². The Labute approximate surface area is 152 Å². The van der Waals surface area contributed by atoms with Crippen molar-refractivity contribution in [3.05, 3.63) is 46.4 Å². The first kappa shape index (κ1) is 18.0. The number of hydrogen-bond donors (Lipinski definition) is 1. The molecule has 0 saturated carbocycles. The van der Waals surface area contributed by atoms with Crippen LogP contribution in [0.4, 0.5) is 5.69 Å². The highest BCUT2D eigenvalue weighted by atomic mass is 16.2. The summed E-state index contributed by atoms with van der Waals surface area (Å²) < 4.78 is 1.31. The first-order chi connectivity index (χ1) is 12.4. The van der Waals surface area contributed by atoms with Gasteiger partial charge in [-0.2, -0.15) is 5.10 Å². The van der Waals surface area contributed by atoms with E-state index in [0.717, 1.165) is 25.2 Å². The summed E-state index contributed by atoms with van der Waals surface area (Å²) in [6, 6.07) is 3.23. The molecule has 0 aromatic carbocycles. The number of nitrogens with zero attached hydrogens (tertiary/aromatic N) is 5. The summed E-state index contributed by atoms with van der Waals surface area (Å²) in [5.41, 5.74) is 1.11. The Morgan fingerprint density at radius 3 is 2.96 bits per heavy atom. The first-order valence-electron chi connectivity index (χ1n) is 8.83. The van der Waals surface area contributed by atoms with Crippen molar-refractivity contribution in [3.8, 4) is 0 Å². The summed E-state index contributed by atoms with van der Waals surface area (Å²) in [5.74, 6) is 0.999. The van der Waals surface area contributed by atoms with E-state index in [9.17, 15) is 9.59 Å². The SMILES string of the molecule is CC(C)c1nccc(C(=O)NC[C@@H]2CCN(c3cnn(C)c(=O)c3)C2)n1. The molecule has 2 aromatic heterocycles. The summed E-state index contributed by atoms with van der Waals surface area (Å²) in [4.78, 5) is 34.7. The summed E-state index contributed by atoms with van der Waals surface area (Å²) in [6.07, 6.45) is 4.28. The molecule has 1 aliphatic rings. The van der Waals surface area contributed by atoms with Crippen LogP contribution in [0.5, 0.6) is 0 Å². The van der Waals surface area contributed by atoms with Crippen LogP contribution in [0.2, 0.25) is 0 Å². The monoisotopic (exact) mass is 356 g/mol. The Morgan fingerprint density at radius 1 is 1.42 bits per heavy atom. The van der Waals surface area contributed by atoms with Crippen LogP contribution >= 0.6 is 0 Å². The Morgan fingerprint density at radius 2 is 2.23 bits per heavy atom. The number of aromatic nitrogens is 4. The molecule has 138 valence electrons. The molecule has 0 radical (unpaired) electrons. The van der Waals surface area contributed by atoms with E-state index in [4.69, 9.17) is 0 Å². The van der Waals surface area contributed by atoms with Gasteiger partial charge in [0.25, 0.3) is 11.5 Å². The first-order valence-corrected chi connectivity index (χ1v) is 8.83. The lowest BCUT2D eigenvalue weighted by molar-refractivity contribution is 0.0942. The van der Waals surface area contributed by atoms with Crippen LogP contribution in [0.3, 0.4) is 0 Å². The predicted octanol–water partition coefficient (Wildman–Crippen LogP) is 0.950. The molecule has 8 nitrogen and oxygen atoms in total. The number of aryl methyl sites for hydroxylation is 1. The number of rotatable bonds is 5. The molecular formula is C18H24N6O2. The van der Waals surface area contributed by atoms with Gasteiger partial charge in [-0.15, -0.1) is 0 Å². The minimum Gasteiger partial charge on any atom is -0.370 e. The van der Waals surface area contributed by atoms with Gasteiger partial charge in [0.05, 0.1) is 11.9 Å². The van der Waals surface area contributed by atoms with Crippen molar-refractivity contribution in [2.45, 2.75) is 26.2 Å². The van der Waals surface area contributed by atoms with E-state index in [0.29, 0.717) is 24.0 Å². The maximum absolute atomic E-state index is 12.3. The average Bonchev–Trinajstić information content (AvgIpc) is 3.11. The van der Waals surface area contributed by atoms with Crippen LogP contribution in [0.1, 0.15) is 42.5 Å². The van der Waals surface area contributed by atoms with Crippen molar-refractivity contribution < 1.29 is 4.79 Å². The fourth-order valence-corrected chi connectivity index (χ4v) is 2.97. The van der Waals surface area contributed by atoms with Gasteiger partial charge in [-0.1, -0.05) is 13.8 Å². The molecule has 0 aliphatic carbocycles. The number of hydrogen-bond acceptors (Lipinski definition) is 6. The Kier molecular flexibility index (Phi) is 5.29. The minimum absolute atomic E-state index is 0.121. The standard InChI is InChI=1S/C18H24N6O2/c1-12(2)17-19-6-4-15(22-17)18(26)20-9-13-5-7-24(11-13)14-8-16(25)23(3)21-10-14/h4,6,8,10,12-13H,5,7,9,11H2,1-3H3,(H,20,26)/t13-/m0/s1. The molecule has 0 unspecified atom stereocenters. The van der Waals surface area contributed by atoms with E-state index < -0.39 is 0 Å². The predicted molar refractivity (Wildman–Crippen MR) is 98.3 cm³/mol. The van der Waals surface area contributed by atoms with Gasteiger partial charge in [0.2, 0.25) is 0 Å². The summed E-state index contributed by atoms with van der Waals surface area (Å²) in [5, 5.41) is 7.03. The minimum atomic E-state index is -0.178. The molecule has 1 fully saturated rings. The number of anilines is 1. The highest BCUT2D eigenvalue weighted by molar-refractivity contribution is 5.92. The molecule has 3 heterocycles. The third kappa shape index (κ3) is 4.07. The van der Waals surface area contributed by atoms with E-state index in [1.54, 1.807) is 31.6 Å². The van der Waals surface area contributed by atoms with Gasteiger partial charge in [-0.05, 0) is 18.4 Å². The third-order valence-electron chi connectivity index (χ3n) is 4.58. The van der Waals surface area contributed by atoms with Gasteiger partial charge < -0.3 is 10.2 Å². The van der Waals surface area contributed by atoms with Crippen LogP contribution < -0.4 is 15.8 Å². The van der Waals surface area contributed by atoms with Crippen LogP contribution in [-0.4, -0.2) is 45.3 Å². The molecule has 1 amide bonds. The van der Waals surface area contributed by atoms with Gasteiger partial charge in [0.15, 0.2) is 0 Å². The highest BCUT2D eigenvalue weighted by Crippen LogP contribution is 2.21. The van der Waals surface area contributed by atoms with Crippen LogP contribution in [0, 0.1) is 5.92 Å². The molecule has 3 rings (SSSR count). The number of carbonyl (C=O) groups excluding carboxylic acids is 1. The van der Waals surface area contributed by atoms with Crippen LogP contribution in [0.15, 0.2) is 29.3 Å². The van der Waals surface area contributed by atoms with Crippen molar-refractivity contribution in [3.63, 3.8) is 0 Å². The van der Waals surface area contributed by atoms with E-state index in [1.165, 1.54) is 4.68 Å². The largest absolute Gasteiger partial charge is 0.370 e. The lowest BCUT2D eigenvalue weighted by atomic mass is 10.1. The molecule has 2 aromatic rings. The maximum Gasteiger partial charge on any atom is 0.270 e. The van der Waals surface area contributed by atoms with Crippen molar-refractivity contribution in [2.75, 3.05) is 24.5 Å². The molecule has 8 heteroatoms. The van der Waals surface area contributed by atoms with E-state index in [1.807, 2.05) is 13.8 Å². The number of amides is 1. The fourth-order valence-electron chi connectivity index (χ4n) is 2.97. The van der Waals surface area contributed by atoms with Gasteiger partial charge in [-0.25, -0.2) is 14.6 Å². The lowest BCUT2D eigenvalue weighted by Gasteiger charge is -2.18. The Bertz CT molecular complexity index is 848. The smallest absolute Gasteiger partial charge is 0.270 e. The second-order valence-electron chi connectivity index (χ2n) is 6.94. The second kappa shape index (κ2) is 7.63. The van der Waals surface area contributed by atoms with E-state index >= 15 is 0 Å². The Hall–Kier alpha value is -2.77. The molecular weight excluding hydrogens is 332 g/mol. The third-order valence-corrected chi connectivity index (χ3v) is 4.58. The van der Waals surface area contributed by atoms with Crippen molar-refractivity contribution >= 4 is 11.6 Å². The van der Waals surface area contributed by atoms with E-state index in [2.05, 4.69) is 25.3 Å². The highest BCUT2D eigenvalue weighted by Gasteiger charge is 2.24. The normalized spacial score (nSPS) is 16.9. The number of carbonyl (C=O) groups is 1. The maximum atomic E-state index is 12.3. The molecule has 1 atom stereocenters. The zero-order valence-corrected chi connectivity index (χ0v) is 15.3. The average molecular weight is 356 g/mol. The molecule has 1 saturated heterocycles. The number of nitrogens with one attached hydrogen (secondary N) is 1. The lowest BCUT2D eigenvalue weighted by Crippen LogP contribution is -2.32. The zero-order chi connectivity index (χ0) is 18.7. The molecule has 1 N–H and O–H groups in total. The molecule has 1 aliphatic heterocycles. The van der Waals surface area contributed by atoms with Gasteiger partial charge >= 0.3 is 0 Å². The summed E-state index contributed by atoms with van der Waals surface area (Å²) in [7, 11) is 1.63. The topological polar surface area (TPSA) is 93.0 Å². The van der Waals surface area contributed by atoms with Crippen molar-refractivity contribution in [1.29, 1.82) is 0 Å². The van der Waals surface area contributed by atoms with E-state index in [-0.39, 0.29) is 17.4 Å².